The highest BCUT2D eigenvalue weighted by Gasteiger charge is 2.40. The smallest absolute Gasteiger partial charge is 0.266 e. The fraction of sp³-hybridized carbons (Fsp3) is 0.429. The van der Waals surface area contributed by atoms with Crippen LogP contribution in [0.5, 0.6) is 0 Å². The largest absolute Gasteiger partial charge is 0.472 e. The fourth-order valence-corrected chi connectivity index (χ4v) is 0.917. The number of rotatable bonds is 1. The van der Waals surface area contributed by atoms with Gasteiger partial charge in [-0.2, -0.15) is 13.2 Å². The van der Waals surface area contributed by atoms with E-state index in [9.17, 15) is 18.0 Å². The number of halogens is 3. The molecular weight excluding hydrogens is 185 g/mol. The molecule has 0 radical (unpaired) electrons. The summed E-state index contributed by atoms with van der Waals surface area (Å²) in [7, 11) is 0. The van der Waals surface area contributed by atoms with Crippen LogP contribution in [0.25, 0.3) is 0 Å². The van der Waals surface area contributed by atoms with E-state index in [2.05, 4.69) is 4.98 Å². The fourth-order valence-electron chi connectivity index (χ4n) is 0.917. The van der Waals surface area contributed by atoms with Gasteiger partial charge >= 0.3 is 12.1 Å². The van der Waals surface area contributed by atoms with Gasteiger partial charge in [-0.1, -0.05) is 6.92 Å². The second-order valence-electron chi connectivity index (χ2n) is 2.37. The number of nitrogens with zero attached hydrogens (tertiary/aromatic N) is 2. The summed E-state index contributed by atoms with van der Waals surface area (Å²) in [5, 5.41) is 0. The predicted octanol–water partition coefficient (Wildman–Crippen LogP) is 1.65. The first-order valence-corrected chi connectivity index (χ1v) is 3.60. The van der Waals surface area contributed by atoms with Crippen molar-refractivity contribution >= 4 is 5.91 Å². The monoisotopic (exact) mass is 192 g/mol. The van der Waals surface area contributed by atoms with Crippen LogP contribution in [0.3, 0.4) is 0 Å². The van der Waals surface area contributed by atoms with Crippen molar-refractivity contribution in [2.24, 2.45) is 0 Å². The SMILES string of the molecule is CCc1nccn1C(=O)C(F)(F)F. The number of hydrogen-bond donors (Lipinski definition) is 0. The van der Waals surface area contributed by atoms with E-state index in [0.29, 0.717) is 4.57 Å². The summed E-state index contributed by atoms with van der Waals surface area (Å²) in [5.74, 6) is -1.79. The molecule has 0 aliphatic carbocycles. The molecule has 13 heavy (non-hydrogen) atoms. The normalized spacial score (nSPS) is 11.7. The van der Waals surface area contributed by atoms with E-state index >= 15 is 0 Å². The van der Waals surface area contributed by atoms with E-state index in [1.54, 1.807) is 6.92 Å². The van der Waals surface area contributed by atoms with E-state index in [0.717, 1.165) is 6.20 Å². The Kier molecular flexibility index (Phi) is 2.40. The first-order chi connectivity index (χ1) is 5.96. The third-order valence-electron chi connectivity index (χ3n) is 1.49. The molecule has 0 spiro atoms. The van der Waals surface area contributed by atoms with Gasteiger partial charge in [0.15, 0.2) is 0 Å². The molecule has 1 aromatic rings. The van der Waals surface area contributed by atoms with Crippen LogP contribution in [-0.2, 0) is 6.42 Å². The van der Waals surface area contributed by atoms with Crippen LogP contribution in [0, 0.1) is 0 Å². The molecule has 3 nitrogen and oxygen atoms in total. The minimum atomic E-state index is -4.84. The lowest BCUT2D eigenvalue weighted by Crippen LogP contribution is -2.29. The van der Waals surface area contributed by atoms with Gasteiger partial charge in [0.1, 0.15) is 5.82 Å². The second kappa shape index (κ2) is 3.20. The molecule has 6 heteroatoms. The molecule has 0 amide bonds. The van der Waals surface area contributed by atoms with E-state index in [-0.39, 0.29) is 12.2 Å². The number of aryl methyl sites for hydroxylation is 1. The maximum Gasteiger partial charge on any atom is 0.472 e. The quantitative estimate of drug-likeness (QED) is 0.678. The molecule has 1 aromatic heterocycles. The number of imidazole rings is 1. The molecule has 0 unspecified atom stereocenters. The Bertz CT molecular complexity index is 316. The highest BCUT2D eigenvalue weighted by atomic mass is 19.4. The average Bonchev–Trinajstić information content (AvgIpc) is 2.48. The summed E-state index contributed by atoms with van der Waals surface area (Å²) < 4.78 is 36.3. The Morgan fingerprint density at radius 3 is 2.69 bits per heavy atom. The van der Waals surface area contributed by atoms with E-state index in [4.69, 9.17) is 0 Å². The molecule has 1 heterocycles. The van der Waals surface area contributed by atoms with Gasteiger partial charge in [0.25, 0.3) is 0 Å². The molecule has 0 saturated heterocycles. The van der Waals surface area contributed by atoms with Crippen molar-refractivity contribution in [1.29, 1.82) is 0 Å². The average molecular weight is 192 g/mol. The lowest BCUT2D eigenvalue weighted by molar-refractivity contribution is -0.0948. The maximum atomic E-state index is 11.9. The molecule has 0 saturated carbocycles. The Morgan fingerprint density at radius 1 is 1.62 bits per heavy atom. The number of carbonyl (C=O) groups excluding carboxylic acids is 1. The number of carbonyl (C=O) groups is 1. The van der Waals surface area contributed by atoms with Crippen LogP contribution in [0.2, 0.25) is 0 Å². The molecule has 0 atom stereocenters. The number of alkyl halides is 3. The minimum absolute atomic E-state index is 0.113. The second-order valence-corrected chi connectivity index (χ2v) is 2.37. The summed E-state index contributed by atoms with van der Waals surface area (Å²) in [6, 6.07) is 0. The van der Waals surface area contributed by atoms with Gasteiger partial charge < -0.3 is 0 Å². The topological polar surface area (TPSA) is 34.9 Å². The van der Waals surface area contributed by atoms with Crippen LogP contribution in [0.1, 0.15) is 17.5 Å². The van der Waals surface area contributed by atoms with Crippen LogP contribution in [-0.4, -0.2) is 21.6 Å². The first kappa shape index (κ1) is 9.76. The summed E-state index contributed by atoms with van der Waals surface area (Å²) in [5.41, 5.74) is 0. The molecule has 1 rings (SSSR count). The third-order valence-corrected chi connectivity index (χ3v) is 1.49. The Morgan fingerprint density at radius 2 is 2.23 bits per heavy atom. The minimum Gasteiger partial charge on any atom is -0.266 e. The standard InChI is InChI=1S/C7H7F3N2O/c1-2-5-11-3-4-12(5)6(13)7(8,9)10/h3-4H,2H2,1H3. The van der Waals surface area contributed by atoms with Gasteiger partial charge in [-0.05, 0) is 0 Å². The van der Waals surface area contributed by atoms with Crippen LogP contribution >= 0.6 is 0 Å². The summed E-state index contributed by atoms with van der Waals surface area (Å²) in [6.07, 6.45) is -2.38. The van der Waals surface area contributed by atoms with Crippen molar-refractivity contribution in [3.8, 4) is 0 Å². The molecule has 72 valence electrons. The highest BCUT2D eigenvalue weighted by molar-refractivity contribution is 5.84. The predicted molar refractivity (Wildman–Crippen MR) is 38.3 cm³/mol. The summed E-state index contributed by atoms with van der Waals surface area (Å²) in [6.45, 7) is 1.63. The Labute approximate surface area is 72.2 Å². The molecule has 0 aromatic carbocycles. The zero-order valence-corrected chi connectivity index (χ0v) is 6.80. The maximum absolute atomic E-state index is 11.9. The van der Waals surface area contributed by atoms with Crippen LogP contribution in [0.15, 0.2) is 12.4 Å². The van der Waals surface area contributed by atoms with Crippen molar-refractivity contribution in [1.82, 2.24) is 9.55 Å². The van der Waals surface area contributed by atoms with Crippen molar-refractivity contribution in [2.75, 3.05) is 0 Å². The van der Waals surface area contributed by atoms with Crippen molar-refractivity contribution in [3.63, 3.8) is 0 Å². The van der Waals surface area contributed by atoms with E-state index in [1.807, 2.05) is 0 Å². The van der Waals surface area contributed by atoms with E-state index in [1.165, 1.54) is 6.20 Å². The lowest BCUT2D eigenvalue weighted by Gasteiger charge is -2.07. The van der Waals surface area contributed by atoms with Gasteiger partial charge in [-0.25, -0.2) is 4.98 Å². The highest BCUT2D eigenvalue weighted by Crippen LogP contribution is 2.18. The van der Waals surface area contributed by atoms with Crippen molar-refractivity contribution in [2.45, 2.75) is 19.5 Å². The van der Waals surface area contributed by atoms with Gasteiger partial charge in [0, 0.05) is 18.8 Å². The third kappa shape index (κ3) is 1.88. The number of aromatic nitrogens is 2. The molecule has 0 N–H and O–H groups in total. The molecular formula is C7H7F3N2O. The zero-order chi connectivity index (χ0) is 10.1. The molecule has 0 aliphatic rings. The van der Waals surface area contributed by atoms with Crippen molar-refractivity contribution in [3.05, 3.63) is 18.2 Å². The zero-order valence-electron chi connectivity index (χ0n) is 6.80. The molecule has 0 aliphatic heterocycles. The summed E-state index contributed by atoms with van der Waals surface area (Å²) in [4.78, 5) is 14.3. The van der Waals surface area contributed by atoms with Gasteiger partial charge in [-0.15, -0.1) is 0 Å². The van der Waals surface area contributed by atoms with Crippen LogP contribution < -0.4 is 0 Å². The molecule has 0 bridgehead atoms. The van der Waals surface area contributed by atoms with Gasteiger partial charge in [-0.3, -0.25) is 9.36 Å². The van der Waals surface area contributed by atoms with E-state index < -0.39 is 12.1 Å². The lowest BCUT2D eigenvalue weighted by atomic mass is 10.4. The first-order valence-electron chi connectivity index (χ1n) is 3.60. The summed E-state index contributed by atoms with van der Waals surface area (Å²) >= 11 is 0. The van der Waals surface area contributed by atoms with Crippen molar-refractivity contribution < 1.29 is 18.0 Å². The Balaban J connectivity index is 3.02. The molecule has 0 fully saturated rings. The van der Waals surface area contributed by atoms with Gasteiger partial charge in [0.2, 0.25) is 0 Å². The van der Waals surface area contributed by atoms with Gasteiger partial charge in [0.05, 0.1) is 0 Å². The Hall–Kier alpha value is -1.33. The number of hydrogen-bond acceptors (Lipinski definition) is 2. The van der Waals surface area contributed by atoms with Crippen LogP contribution in [0.4, 0.5) is 13.2 Å².